The number of hydrogen-bond donors (Lipinski definition) is 2. The van der Waals surface area contributed by atoms with Gasteiger partial charge in [-0.05, 0) is 105 Å². The van der Waals surface area contributed by atoms with Crippen LogP contribution in [-0.4, -0.2) is 36.1 Å². The maximum absolute atomic E-state index is 12.4. The average Bonchev–Trinajstić information content (AvgIpc) is 3.64. The summed E-state index contributed by atoms with van der Waals surface area (Å²) in [5.74, 6) is 2.51. The first-order valence-corrected chi connectivity index (χ1v) is 11.7. The second-order valence-corrected chi connectivity index (χ2v) is 9.18. The van der Waals surface area contributed by atoms with Gasteiger partial charge >= 0.3 is 17.1 Å². The molecule has 5 atom stereocenters. The van der Waals surface area contributed by atoms with Crippen molar-refractivity contribution in [1.82, 2.24) is 0 Å². The van der Waals surface area contributed by atoms with Gasteiger partial charge in [0.25, 0.3) is 0 Å². The van der Waals surface area contributed by atoms with Crippen molar-refractivity contribution in [3.63, 3.8) is 0 Å². The molecule has 3 aliphatic rings. The molecule has 0 unspecified atom stereocenters. The first kappa shape index (κ1) is 26.5. The minimum absolute atomic E-state index is 0. The van der Waals surface area contributed by atoms with Crippen LogP contribution in [0.25, 0.3) is 0 Å². The number of ether oxygens (including phenoxy) is 2. The summed E-state index contributed by atoms with van der Waals surface area (Å²) < 4.78 is 11.1. The SMILES string of the molecule is COc1cccc([C@@H]2[C@H]([C@H](O)[C]3[CH][CH][CH][CH]3)[C@@](O)([C]3[CH][CH][CH][CH]3)C[C@@H]2c2cccc(OC)c2)c1.[Fe+2]. The van der Waals surface area contributed by atoms with Crippen LogP contribution in [0.3, 0.4) is 0 Å². The van der Waals surface area contributed by atoms with E-state index in [-0.39, 0.29) is 28.9 Å². The van der Waals surface area contributed by atoms with E-state index in [4.69, 9.17) is 9.47 Å². The van der Waals surface area contributed by atoms with Gasteiger partial charge in [0, 0.05) is 17.8 Å². The van der Waals surface area contributed by atoms with Crippen LogP contribution in [0.4, 0.5) is 0 Å². The van der Waals surface area contributed by atoms with Gasteiger partial charge in [0.15, 0.2) is 0 Å². The van der Waals surface area contributed by atoms with Crippen molar-refractivity contribution < 1.29 is 36.8 Å². The minimum Gasteiger partial charge on any atom is -0.497 e. The molecule has 3 saturated carbocycles. The fraction of sp³-hybridized carbons (Fsp3) is 0.267. The number of rotatable bonds is 7. The zero-order valence-corrected chi connectivity index (χ0v) is 20.9. The molecule has 0 heterocycles. The first-order chi connectivity index (χ1) is 16.5. The molecule has 4 nitrogen and oxygen atoms in total. The van der Waals surface area contributed by atoms with Gasteiger partial charge in [-0.1, -0.05) is 24.3 Å². The van der Waals surface area contributed by atoms with E-state index in [1.807, 2.05) is 87.8 Å². The zero-order valence-electron chi connectivity index (χ0n) is 19.8. The molecule has 2 aromatic rings. The second-order valence-electron chi connectivity index (χ2n) is 9.18. The third-order valence-electron chi connectivity index (χ3n) is 7.44. The first-order valence-electron chi connectivity index (χ1n) is 11.7. The van der Waals surface area contributed by atoms with E-state index in [2.05, 4.69) is 12.1 Å². The normalized spacial score (nSPS) is 30.2. The Morgan fingerprint density at radius 2 is 1.37 bits per heavy atom. The monoisotopic (exact) mass is 510 g/mol. The molecule has 0 saturated heterocycles. The van der Waals surface area contributed by atoms with Gasteiger partial charge in [-0.25, -0.2) is 0 Å². The largest absolute Gasteiger partial charge is 2.00 e. The molecule has 0 aromatic heterocycles. The van der Waals surface area contributed by atoms with Gasteiger partial charge in [0.2, 0.25) is 0 Å². The molecule has 2 aromatic carbocycles. The molecular weight excluding hydrogens is 480 g/mol. The summed E-state index contributed by atoms with van der Waals surface area (Å²) >= 11 is 0. The molecule has 0 amide bonds. The quantitative estimate of drug-likeness (QED) is 0.539. The van der Waals surface area contributed by atoms with Crippen molar-refractivity contribution in [2.75, 3.05) is 14.2 Å². The van der Waals surface area contributed by atoms with Crippen LogP contribution in [-0.2, 0) is 17.1 Å². The van der Waals surface area contributed by atoms with E-state index in [1.54, 1.807) is 14.2 Å². The van der Waals surface area contributed by atoms with E-state index in [0.29, 0.717) is 6.42 Å². The van der Waals surface area contributed by atoms with Crippen molar-refractivity contribution in [3.8, 4) is 11.5 Å². The smallest absolute Gasteiger partial charge is 0.497 e. The summed E-state index contributed by atoms with van der Waals surface area (Å²) in [7, 11) is 3.32. The van der Waals surface area contributed by atoms with Gasteiger partial charge in [-0.15, -0.1) is 0 Å². The van der Waals surface area contributed by atoms with Crippen LogP contribution in [0, 0.1) is 69.1 Å². The minimum atomic E-state index is -1.22. The van der Waals surface area contributed by atoms with Gasteiger partial charge in [-0.2, -0.15) is 0 Å². The summed E-state index contributed by atoms with van der Waals surface area (Å²) in [5.41, 5.74) is 0.890. The summed E-state index contributed by atoms with van der Waals surface area (Å²) in [6, 6.07) is 16.0. The van der Waals surface area contributed by atoms with Crippen molar-refractivity contribution in [3.05, 3.63) is 123 Å². The standard InChI is InChI=1S/C30H30O4.Fe/c1-33-24-15-7-11-21(17-24)26-19-30(32,23-13-5-6-14-23)28(29(31)20-9-3-4-10-20)27(26)22-12-8-16-25(18-22)34-2;/h3-18,26-29,31-32H,19H2,1-2H3;/q;+2/t26-,27+,28-,29-,30+;/m1./s1. The van der Waals surface area contributed by atoms with Crippen molar-refractivity contribution in [2.24, 2.45) is 5.92 Å². The van der Waals surface area contributed by atoms with Gasteiger partial charge in [-0.3, -0.25) is 0 Å². The van der Waals surface area contributed by atoms with Gasteiger partial charge in [0.1, 0.15) is 11.5 Å². The molecule has 35 heavy (non-hydrogen) atoms. The number of aliphatic hydroxyl groups is 2. The third-order valence-corrected chi connectivity index (χ3v) is 7.44. The summed E-state index contributed by atoms with van der Waals surface area (Å²) in [4.78, 5) is 0. The molecule has 0 bridgehead atoms. The Hall–Kier alpha value is -1.52. The van der Waals surface area contributed by atoms with E-state index >= 15 is 0 Å². The van der Waals surface area contributed by atoms with Crippen LogP contribution in [0.15, 0.2) is 48.5 Å². The molecule has 0 spiro atoms. The summed E-state index contributed by atoms with van der Waals surface area (Å²) in [6.45, 7) is 0. The maximum atomic E-state index is 12.4. The maximum Gasteiger partial charge on any atom is 2.00 e. The average molecular weight is 510 g/mol. The molecule has 3 aliphatic carbocycles. The summed E-state index contributed by atoms with van der Waals surface area (Å²) in [5, 5.41) is 24.1. The number of hydrogen-bond acceptors (Lipinski definition) is 4. The van der Waals surface area contributed by atoms with Gasteiger partial charge < -0.3 is 19.7 Å². The molecule has 10 radical (unpaired) electrons. The van der Waals surface area contributed by atoms with E-state index in [0.717, 1.165) is 34.5 Å². The number of benzene rings is 2. The van der Waals surface area contributed by atoms with Crippen molar-refractivity contribution in [1.29, 1.82) is 0 Å². The number of methoxy groups -OCH3 is 2. The molecule has 5 rings (SSSR count). The summed E-state index contributed by atoms with van der Waals surface area (Å²) in [6.07, 6.45) is 15.1. The molecule has 3 fully saturated rings. The molecule has 0 aliphatic heterocycles. The molecule has 2 N–H and O–H groups in total. The zero-order chi connectivity index (χ0) is 23.7. The van der Waals surface area contributed by atoms with E-state index in [1.165, 1.54) is 0 Å². The van der Waals surface area contributed by atoms with Crippen LogP contribution >= 0.6 is 0 Å². The topological polar surface area (TPSA) is 58.9 Å². The third kappa shape index (κ3) is 5.03. The molecular formula is C30H30FeO4+2. The van der Waals surface area contributed by atoms with Crippen LogP contribution in [0.1, 0.15) is 29.4 Å². The van der Waals surface area contributed by atoms with Crippen LogP contribution in [0.5, 0.6) is 11.5 Å². The number of aliphatic hydroxyl groups excluding tert-OH is 1. The fourth-order valence-corrected chi connectivity index (χ4v) is 5.86. The second kappa shape index (κ2) is 11.3. The molecule has 5 heteroatoms. The van der Waals surface area contributed by atoms with Gasteiger partial charge in [0.05, 0.1) is 25.9 Å². The Balaban J connectivity index is 0.00000289. The predicted octanol–water partition coefficient (Wildman–Crippen LogP) is 4.49. The Bertz CT molecular complexity index is 968. The van der Waals surface area contributed by atoms with E-state index < -0.39 is 17.6 Å². The predicted molar refractivity (Wildman–Crippen MR) is 131 cm³/mol. The van der Waals surface area contributed by atoms with Crippen LogP contribution in [0.2, 0.25) is 0 Å². The van der Waals surface area contributed by atoms with Crippen molar-refractivity contribution in [2.45, 2.75) is 30.0 Å². The Morgan fingerprint density at radius 1 is 0.829 bits per heavy atom. The Morgan fingerprint density at radius 3 is 1.97 bits per heavy atom. The Kier molecular flexibility index (Phi) is 8.53. The van der Waals surface area contributed by atoms with Crippen molar-refractivity contribution >= 4 is 0 Å². The fourth-order valence-electron chi connectivity index (χ4n) is 5.86. The Labute approximate surface area is 220 Å². The molecule has 180 valence electrons. The van der Waals surface area contributed by atoms with E-state index in [9.17, 15) is 10.2 Å². The van der Waals surface area contributed by atoms with Crippen LogP contribution < -0.4 is 9.47 Å².